The summed E-state index contributed by atoms with van der Waals surface area (Å²) in [6, 6.07) is 0. The largest absolute Gasteiger partial charge is 0.481 e. The summed E-state index contributed by atoms with van der Waals surface area (Å²) in [6.07, 6.45) is 0.0213. The first-order chi connectivity index (χ1) is 7.70. The first-order valence-electron chi connectivity index (χ1n) is 5.85. The molecule has 0 fully saturated rings. The molecular weight excluding hydrogens is 220 g/mol. The van der Waals surface area contributed by atoms with Crippen molar-refractivity contribution in [2.24, 2.45) is 11.3 Å². The van der Waals surface area contributed by atoms with E-state index in [1.165, 1.54) is 0 Å². The molecule has 0 aliphatic heterocycles. The Morgan fingerprint density at radius 2 is 1.88 bits per heavy atom. The Labute approximate surface area is 103 Å². The van der Waals surface area contributed by atoms with Gasteiger partial charge < -0.3 is 15.3 Å². The lowest BCUT2D eigenvalue weighted by molar-refractivity contribution is -0.153. The number of hydrogen-bond acceptors (Lipinski definition) is 3. The Morgan fingerprint density at radius 3 is 2.24 bits per heavy atom. The molecule has 0 saturated carbocycles. The molecule has 0 bridgehead atoms. The number of aliphatic carboxylic acids is 1. The van der Waals surface area contributed by atoms with E-state index < -0.39 is 11.4 Å². The van der Waals surface area contributed by atoms with Crippen molar-refractivity contribution in [1.29, 1.82) is 0 Å². The molecule has 2 N–H and O–H groups in total. The lowest BCUT2D eigenvalue weighted by Gasteiger charge is -2.28. The lowest BCUT2D eigenvalue weighted by atomic mass is 9.76. The fourth-order valence-electron chi connectivity index (χ4n) is 1.34. The molecular formula is C12H24N2O3. The molecule has 0 spiro atoms. The molecule has 5 nitrogen and oxygen atoms in total. The van der Waals surface area contributed by atoms with E-state index in [1.807, 2.05) is 32.8 Å². The Bertz CT molecular complexity index is 277. The van der Waals surface area contributed by atoms with Crippen LogP contribution in [0.2, 0.25) is 0 Å². The van der Waals surface area contributed by atoms with Gasteiger partial charge in [0, 0.05) is 19.5 Å². The minimum absolute atomic E-state index is 0.0213. The van der Waals surface area contributed by atoms with Crippen LogP contribution in [0.4, 0.5) is 0 Å². The van der Waals surface area contributed by atoms with Gasteiger partial charge in [0.15, 0.2) is 0 Å². The second kappa shape index (κ2) is 6.59. The van der Waals surface area contributed by atoms with Crippen LogP contribution in [0.25, 0.3) is 0 Å². The molecule has 0 aromatic carbocycles. The molecule has 0 aromatic heterocycles. The number of carbonyl (C=O) groups is 2. The third-order valence-electron chi connectivity index (χ3n) is 3.17. The van der Waals surface area contributed by atoms with Crippen LogP contribution >= 0.6 is 0 Å². The normalized spacial score (nSPS) is 14.8. The van der Waals surface area contributed by atoms with Gasteiger partial charge in [-0.2, -0.15) is 0 Å². The van der Waals surface area contributed by atoms with E-state index in [0.717, 1.165) is 6.54 Å². The predicted molar refractivity (Wildman–Crippen MR) is 66.8 cm³/mol. The van der Waals surface area contributed by atoms with Gasteiger partial charge in [-0.1, -0.05) is 13.8 Å². The van der Waals surface area contributed by atoms with Crippen LogP contribution in [0.3, 0.4) is 0 Å². The summed E-state index contributed by atoms with van der Waals surface area (Å²) in [5, 5.41) is 11.9. The van der Waals surface area contributed by atoms with E-state index in [-0.39, 0.29) is 18.2 Å². The van der Waals surface area contributed by atoms with Gasteiger partial charge in [0.25, 0.3) is 0 Å². The van der Waals surface area contributed by atoms with E-state index in [9.17, 15) is 14.7 Å². The summed E-state index contributed by atoms with van der Waals surface area (Å²) in [5.41, 5.74) is -0.998. The third-order valence-corrected chi connectivity index (χ3v) is 3.17. The zero-order valence-corrected chi connectivity index (χ0v) is 11.4. The van der Waals surface area contributed by atoms with E-state index >= 15 is 0 Å². The molecule has 0 aliphatic carbocycles. The van der Waals surface area contributed by atoms with Crippen molar-refractivity contribution in [3.8, 4) is 0 Å². The number of carboxylic acids is 1. The highest BCUT2D eigenvalue weighted by Gasteiger charge is 2.38. The van der Waals surface area contributed by atoms with Crippen molar-refractivity contribution in [1.82, 2.24) is 10.2 Å². The molecule has 0 rings (SSSR count). The van der Waals surface area contributed by atoms with Gasteiger partial charge in [-0.3, -0.25) is 9.59 Å². The molecule has 17 heavy (non-hydrogen) atoms. The number of amides is 1. The molecule has 5 heteroatoms. The summed E-state index contributed by atoms with van der Waals surface area (Å²) < 4.78 is 0. The smallest absolute Gasteiger partial charge is 0.310 e. The Kier molecular flexibility index (Phi) is 6.16. The summed E-state index contributed by atoms with van der Waals surface area (Å²) in [6.45, 7) is 6.55. The van der Waals surface area contributed by atoms with Crippen LogP contribution in [-0.2, 0) is 9.59 Å². The molecule has 0 radical (unpaired) electrons. The molecule has 1 amide bonds. The quantitative estimate of drug-likeness (QED) is 0.695. The second-order valence-electron chi connectivity index (χ2n) is 5.21. The Balaban J connectivity index is 4.29. The zero-order valence-electron chi connectivity index (χ0n) is 11.4. The SMILES string of the molecule is CC(C)C(C)(CC(=O)NCCN(C)C)C(=O)O. The van der Waals surface area contributed by atoms with Crippen molar-refractivity contribution in [2.75, 3.05) is 27.2 Å². The Morgan fingerprint density at radius 1 is 1.35 bits per heavy atom. The van der Waals surface area contributed by atoms with Crippen LogP contribution < -0.4 is 5.32 Å². The van der Waals surface area contributed by atoms with E-state index in [4.69, 9.17) is 0 Å². The summed E-state index contributed by atoms with van der Waals surface area (Å²) in [7, 11) is 3.84. The van der Waals surface area contributed by atoms with Gasteiger partial charge in [-0.25, -0.2) is 0 Å². The molecule has 0 heterocycles. The second-order valence-corrected chi connectivity index (χ2v) is 5.21. The van der Waals surface area contributed by atoms with Gasteiger partial charge in [-0.05, 0) is 26.9 Å². The molecule has 0 aromatic rings. The average Bonchev–Trinajstić information content (AvgIpc) is 2.15. The third kappa shape index (κ3) is 5.17. The van der Waals surface area contributed by atoms with E-state index in [2.05, 4.69) is 5.32 Å². The molecule has 0 saturated heterocycles. The van der Waals surface area contributed by atoms with Crippen molar-refractivity contribution in [3.05, 3.63) is 0 Å². The van der Waals surface area contributed by atoms with Crippen molar-refractivity contribution >= 4 is 11.9 Å². The van der Waals surface area contributed by atoms with E-state index in [1.54, 1.807) is 6.92 Å². The maximum absolute atomic E-state index is 11.7. The van der Waals surface area contributed by atoms with Crippen LogP contribution in [0.5, 0.6) is 0 Å². The van der Waals surface area contributed by atoms with Crippen LogP contribution in [0.15, 0.2) is 0 Å². The maximum Gasteiger partial charge on any atom is 0.310 e. The number of nitrogens with one attached hydrogen (secondary N) is 1. The number of carboxylic acid groups (broad SMARTS) is 1. The van der Waals surface area contributed by atoms with Crippen molar-refractivity contribution in [3.63, 3.8) is 0 Å². The lowest BCUT2D eigenvalue weighted by Crippen LogP contribution is -2.40. The highest BCUT2D eigenvalue weighted by molar-refractivity contribution is 5.84. The van der Waals surface area contributed by atoms with Gasteiger partial charge in [0.05, 0.1) is 5.41 Å². The zero-order chi connectivity index (χ0) is 13.6. The molecule has 1 unspecified atom stereocenters. The number of rotatable bonds is 7. The highest BCUT2D eigenvalue weighted by Crippen LogP contribution is 2.31. The first kappa shape index (κ1) is 15.9. The topological polar surface area (TPSA) is 69.6 Å². The minimum atomic E-state index is -0.998. The van der Waals surface area contributed by atoms with Crippen LogP contribution in [0.1, 0.15) is 27.2 Å². The van der Waals surface area contributed by atoms with Crippen molar-refractivity contribution < 1.29 is 14.7 Å². The van der Waals surface area contributed by atoms with Gasteiger partial charge >= 0.3 is 5.97 Å². The summed E-state index contributed by atoms with van der Waals surface area (Å²) in [5.74, 6) is -1.21. The fraction of sp³-hybridized carbons (Fsp3) is 0.833. The number of hydrogen-bond donors (Lipinski definition) is 2. The van der Waals surface area contributed by atoms with Gasteiger partial charge in [0.1, 0.15) is 0 Å². The van der Waals surface area contributed by atoms with Crippen LogP contribution in [-0.4, -0.2) is 49.1 Å². The highest BCUT2D eigenvalue weighted by atomic mass is 16.4. The van der Waals surface area contributed by atoms with Gasteiger partial charge in [-0.15, -0.1) is 0 Å². The maximum atomic E-state index is 11.7. The summed E-state index contributed by atoms with van der Waals surface area (Å²) >= 11 is 0. The minimum Gasteiger partial charge on any atom is -0.481 e. The summed E-state index contributed by atoms with van der Waals surface area (Å²) in [4.78, 5) is 24.8. The molecule has 1 atom stereocenters. The number of carbonyl (C=O) groups excluding carboxylic acids is 1. The van der Waals surface area contributed by atoms with E-state index in [0.29, 0.717) is 6.54 Å². The van der Waals surface area contributed by atoms with Crippen LogP contribution in [0, 0.1) is 11.3 Å². The average molecular weight is 244 g/mol. The standard InChI is InChI=1S/C12H24N2O3/c1-9(2)12(3,11(16)17)8-10(15)13-6-7-14(4)5/h9H,6-8H2,1-5H3,(H,13,15)(H,16,17). The van der Waals surface area contributed by atoms with Gasteiger partial charge in [0.2, 0.25) is 5.91 Å². The first-order valence-corrected chi connectivity index (χ1v) is 5.85. The number of likely N-dealkylation sites (N-methyl/N-ethyl adjacent to an activating group) is 1. The monoisotopic (exact) mass is 244 g/mol. The Hall–Kier alpha value is -1.10. The fourth-order valence-corrected chi connectivity index (χ4v) is 1.34. The number of nitrogens with zero attached hydrogens (tertiary/aromatic N) is 1. The molecule has 100 valence electrons. The predicted octanol–water partition coefficient (Wildman–Crippen LogP) is 0.801. The van der Waals surface area contributed by atoms with Crippen molar-refractivity contribution in [2.45, 2.75) is 27.2 Å². The molecule has 0 aliphatic rings.